The number of carbonyl (C=O) groups is 2. The number of carbonyl (C=O) groups excluding carboxylic acids is 2. The van der Waals surface area contributed by atoms with Crippen LogP contribution in [-0.2, 0) is 11.3 Å². The summed E-state index contributed by atoms with van der Waals surface area (Å²) >= 11 is 5.83. The highest BCUT2D eigenvalue weighted by molar-refractivity contribution is 6.31. The summed E-state index contributed by atoms with van der Waals surface area (Å²) in [7, 11) is 0. The molecule has 0 saturated heterocycles. The Morgan fingerprint density at radius 3 is 2.52 bits per heavy atom. The van der Waals surface area contributed by atoms with Gasteiger partial charge < -0.3 is 16.2 Å². The van der Waals surface area contributed by atoms with Crippen molar-refractivity contribution in [2.24, 2.45) is 5.73 Å². The number of hydrogen-bond donors (Lipinski definition) is 2. The fraction of sp³-hybridized carbons (Fsp3) is 0.0667. The first kappa shape index (κ1) is 14.9. The maximum absolute atomic E-state index is 11.9. The number of ether oxygens (including phenoxy) is 1. The van der Waals surface area contributed by atoms with Crippen LogP contribution in [0.2, 0.25) is 5.02 Å². The fourth-order valence-electron chi connectivity index (χ4n) is 1.78. The van der Waals surface area contributed by atoms with Gasteiger partial charge in [0.1, 0.15) is 6.61 Å². The maximum Gasteiger partial charge on any atom is 0.338 e. The molecule has 21 heavy (non-hydrogen) atoms. The predicted molar refractivity (Wildman–Crippen MR) is 79.9 cm³/mol. The zero-order valence-electron chi connectivity index (χ0n) is 11.0. The molecule has 0 saturated carbocycles. The number of nitrogens with two attached hydrogens (primary N) is 2. The largest absolute Gasteiger partial charge is 0.457 e. The van der Waals surface area contributed by atoms with E-state index in [0.29, 0.717) is 21.8 Å². The van der Waals surface area contributed by atoms with E-state index in [-0.39, 0.29) is 12.2 Å². The Labute approximate surface area is 126 Å². The first-order valence-corrected chi connectivity index (χ1v) is 6.45. The first-order chi connectivity index (χ1) is 9.95. The molecular formula is C15H13ClN2O3. The number of rotatable bonds is 4. The highest BCUT2D eigenvalue weighted by atomic mass is 35.5. The molecule has 108 valence electrons. The van der Waals surface area contributed by atoms with Gasteiger partial charge in [-0.3, -0.25) is 4.79 Å². The Kier molecular flexibility index (Phi) is 4.45. The van der Waals surface area contributed by atoms with Crippen LogP contribution < -0.4 is 11.5 Å². The summed E-state index contributed by atoms with van der Waals surface area (Å²) in [6, 6.07) is 11.0. The zero-order chi connectivity index (χ0) is 15.4. The molecule has 0 heterocycles. The number of halogens is 1. The number of esters is 1. The second-order valence-electron chi connectivity index (χ2n) is 4.41. The van der Waals surface area contributed by atoms with Gasteiger partial charge in [0.2, 0.25) is 5.91 Å². The van der Waals surface area contributed by atoms with Gasteiger partial charge in [0, 0.05) is 16.3 Å². The number of benzene rings is 2. The molecule has 0 spiro atoms. The minimum Gasteiger partial charge on any atom is -0.457 e. The molecule has 0 aromatic heterocycles. The first-order valence-electron chi connectivity index (χ1n) is 6.07. The predicted octanol–water partition coefficient (Wildman–Crippen LogP) is 2.38. The lowest BCUT2D eigenvalue weighted by Crippen LogP contribution is -2.11. The molecule has 0 bridgehead atoms. The number of nitrogen functional groups attached to an aromatic ring is 1. The van der Waals surface area contributed by atoms with E-state index in [0.717, 1.165) is 0 Å². The van der Waals surface area contributed by atoms with Crippen LogP contribution in [0.5, 0.6) is 0 Å². The van der Waals surface area contributed by atoms with Crippen molar-refractivity contribution in [3.05, 3.63) is 64.2 Å². The van der Waals surface area contributed by atoms with Crippen LogP contribution >= 0.6 is 11.6 Å². The monoisotopic (exact) mass is 304 g/mol. The van der Waals surface area contributed by atoms with Crippen molar-refractivity contribution >= 4 is 29.2 Å². The number of amides is 1. The zero-order valence-corrected chi connectivity index (χ0v) is 11.8. The van der Waals surface area contributed by atoms with Crippen molar-refractivity contribution in [1.82, 2.24) is 0 Å². The average molecular weight is 305 g/mol. The van der Waals surface area contributed by atoms with E-state index in [1.165, 1.54) is 18.2 Å². The third kappa shape index (κ3) is 3.97. The molecule has 0 aliphatic heterocycles. The quantitative estimate of drug-likeness (QED) is 0.669. The molecule has 2 aromatic carbocycles. The molecule has 6 heteroatoms. The number of anilines is 1. The Hall–Kier alpha value is -2.53. The molecule has 1 amide bonds. The summed E-state index contributed by atoms with van der Waals surface area (Å²) in [5.41, 5.74) is 12.5. The van der Waals surface area contributed by atoms with E-state index in [4.69, 9.17) is 27.8 Å². The third-order valence-corrected chi connectivity index (χ3v) is 2.96. The van der Waals surface area contributed by atoms with Crippen LogP contribution in [0.4, 0.5) is 5.69 Å². The second-order valence-corrected chi connectivity index (χ2v) is 4.85. The molecule has 0 unspecified atom stereocenters. The van der Waals surface area contributed by atoms with Crippen molar-refractivity contribution in [2.75, 3.05) is 5.73 Å². The summed E-state index contributed by atoms with van der Waals surface area (Å²) in [6.07, 6.45) is 0. The lowest BCUT2D eigenvalue weighted by Gasteiger charge is -2.07. The van der Waals surface area contributed by atoms with Crippen molar-refractivity contribution in [1.29, 1.82) is 0 Å². The van der Waals surface area contributed by atoms with Gasteiger partial charge >= 0.3 is 5.97 Å². The van der Waals surface area contributed by atoms with Gasteiger partial charge in [-0.1, -0.05) is 23.7 Å². The van der Waals surface area contributed by atoms with E-state index in [9.17, 15) is 9.59 Å². The van der Waals surface area contributed by atoms with Crippen molar-refractivity contribution < 1.29 is 14.3 Å². The van der Waals surface area contributed by atoms with E-state index < -0.39 is 11.9 Å². The van der Waals surface area contributed by atoms with E-state index in [1.807, 2.05) is 0 Å². The van der Waals surface area contributed by atoms with Crippen LogP contribution in [0.25, 0.3) is 0 Å². The van der Waals surface area contributed by atoms with E-state index in [2.05, 4.69) is 0 Å². The van der Waals surface area contributed by atoms with E-state index in [1.54, 1.807) is 24.3 Å². The fourth-order valence-corrected chi connectivity index (χ4v) is 2.02. The van der Waals surface area contributed by atoms with Crippen LogP contribution in [0.3, 0.4) is 0 Å². The molecule has 0 fully saturated rings. The van der Waals surface area contributed by atoms with Crippen LogP contribution in [0.15, 0.2) is 42.5 Å². The molecule has 5 nitrogen and oxygen atoms in total. The van der Waals surface area contributed by atoms with Crippen molar-refractivity contribution in [2.45, 2.75) is 6.61 Å². The standard InChI is InChI=1S/C15H13ClN2O3/c16-12-5-11(6-13(17)7-12)15(20)21-8-9-2-1-3-10(4-9)14(18)19/h1-7H,8,17H2,(H2,18,19). The molecule has 4 N–H and O–H groups in total. The smallest absolute Gasteiger partial charge is 0.338 e. The maximum atomic E-state index is 11.9. The summed E-state index contributed by atoms with van der Waals surface area (Å²) in [6.45, 7) is 0.0202. The molecule has 0 aliphatic carbocycles. The van der Waals surface area contributed by atoms with Gasteiger partial charge in [-0.2, -0.15) is 0 Å². The lowest BCUT2D eigenvalue weighted by atomic mass is 10.1. The van der Waals surface area contributed by atoms with E-state index >= 15 is 0 Å². The average Bonchev–Trinajstić information content (AvgIpc) is 2.44. The minimum atomic E-state index is -0.548. The second kappa shape index (κ2) is 6.28. The molecule has 0 atom stereocenters. The summed E-state index contributed by atoms with van der Waals surface area (Å²) in [5.74, 6) is -1.08. The third-order valence-electron chi connectivity index (χ3n) is 2.74. The van der Waals surface area contributed by atoms with Crippen LogP contribution in [0, 0.1) is 0 Å². The van der Waals surface area contributed by atoms with Gasteiger partial charge in [0.15, 0.2) is 0 Å². The Bertz CT molecular complexity index is 681. The summed E-state index contributed by atoms with van der Waals surface area (Å²) in [4.78, 5) is 23.0. The molecule has 2 rings (SSSR count). The van der Waals surface area contributed by atoms with Gasteiger partial charge in [-0.25, -0.2) is 4.79 Å². The molecule has 2 aromatic rings. The van der Waals surface area contributed by atoms with Crippen LogP contribution in [0.1, 0.15) is 26.3 Å². The SMILES string of the molecule is NC(=O)c1cccc(COC(=O)c2cc(N)cc(Cl)c2)c1. The summed E-state index contributed by atoms with van der Waals surface area (Å²) < 4.78 is 5.15. The Morgan fingerprint density at radius 2 is 1.86 bits per heavy atom. The number of primary amides is 1. The van der Waals surface area contributed by atoms with Gasteiger partial charge in [-0.05, 0) is 35.9 Å². The number of hydrogen-bond acceptors (Lipinski definition) is 4. The van der Waals surface area contributed by atoms with Crippen molar-refractivity contribution in [3.63, 3.8) is 0 Å². The van der Waals surface area contributed by atoms with Gasteiger partial charge in [0.05, 0.1) is 5.56 Å². The Morgan fingerprint density at radius 1 is 1.10 bits per heavy atom. The normalized spacial score (nSPS) is 10.1. The topological polar surface area (TPSA) is 95.4 Å². The lowest BCUT2D eigenvalue weighted by molar-refractivity contribution is 0.0473. The van der Waals surface area contributed by atoms with Gasteiger partial charge in [0.25, 0.3) is 0 Å². The van der Waals surface area contributed by atoms with Gasteiger partial charge in [-0.15, -0.1) is 0 Å². The Balaban J connectivity index is 2.07. The minimum absolute atomic E-state index is 0.0202. The molecular weight excluding hydrogens is 292 g/mol. The van der Waals surface area contributed by atoms with Crippen LogP contribution in [-0.4, -0.2) is 11.9 Å². The summed E-state index contributed by atoms with van der Waals surface area (Å²) in [5, 5.41) is 0.359. The molecule has 0 radical (unpaired) electrons. The van der Waals surface area contributed by atoms with Crippen molar-refractivity contribution in [3.8, 4) is 0 Å². The highest BCUT2D eigenvalue weighted by Crippen LogP contribution is 2.18. The molecule has 0 aliphatic rings. The highest BCUT2D eigenvalue weighted by Gasteiger charge is 2.10.